The second-order valence-corrected chi connectivity index (χ2v) is 12.5. The number of nitrogens with zero attached hydrogens (tertiary/aromatic N) is 4. The zero-order chi connectivity index (χ0) is 41.9. The highest BCUT2D eigenvalue weighted by molar-refractivity contribution is 6.05. The van der Waals surface area contributed by atoms with Crippen LogP contribution >= 0.6 is 0 Å². The van der Waals surface area contributed by atoms with Crippen molar-refractivity contribution >= 4 is 29.4 Å². The van der Waals surface area contributed by atoms with E-state index in [1.807, 2.05) is 13.8 Å². The maximum Gasteiger partial charge on any atom is 0.273 e. The number of amidine groups is 1. The van der Waals surface area contributed by atoms with E-state index in [4.69, 9.17) is 63.7 Å². The molecule has 58 heavy (non-hydrogen) atoms. The summed E-state index contributed by atoms with van der Waals surface area (Å²) in [6.45, 7) is 14.9. The minimum Gasteiger partial charge on any atom is -0.387 e. The number of fused-ring (bicyclic) bond motifs is 1. The molecule has 2 heterocycles. The Bertz CT molecular complexity index is 1290. The highest BCUT2D eigenvalue weighted by Crippen LogP contribution is 2.27. The van der Waals surface area contributed by atoms with E-state index in [-0.39, 0.29) is 29.8 Å². The molecule has 0 aliphatic carbocycles. The van der Waals surface area contributed by atoms with Crippen LogP contribution in [-0.2, 0) is 57.0 Å². The fraction of sp³-hybridized carbons (Fsp3) is 0.744. The molecule has 2 amide bonds. The molecule has 0 spiro atoms. The first-order valence-corrected chi connectivity index (χ1v) is 20.1. The van der Waals surface area contributed by atoms with Gasteiger partial charge in [0.25, 0.3) is 11.8 Å². The lowest BCUT2D eigenvalue weighted by molar-refractivity contribution is -0.180. The van der Waals surface area contributed by atoms with E-state index in [9.17, 15) is 9.59 Å². The second kappa shape index (κ2) is 34.7. The van der Waals surface area contributed by atoms with Crippen LogP contribution in [0, 0.1) is 0 Å². The van der Waals surface area contributed by atoms with Gasteiger partial charge in [0.1, 0.15) is 11.5 Å². The first-order valence-electron chi connectivity index (χ1n) is 20.1. The van der Waals surface area contributed by atoms with Gasteiger partial charge in [-0.1, -0.05) is 6.92 Å². The first kappa shape index (κ1) is 51.0. The van der Waals surface area contributed by atoms with Gasteiger partial charge in [0.2, 0.25) is 0 Å². The van der Waals surface area contributed by atoms with Crippen molar-refractivity contribution in [2.45, 2.75) is 26.7 Å². The van der Waals surface area contributed by atoms with Gasteiger partial charge in [-0.2, -0.15) is 0 Å². The van der Waals surface area contributed by atoms with Gasteiger partial charge < -0.3 is 63.7 Å². The fourth-order valence-electron chi connectivity index (χ4n) is 4.95. The molecule has 1 aliphatic heterocycles. The number of hydrogen-bond donors (Lipinski definition) is 2. The lowest BCUT2D eigenvalue weighted by atomic mass is 10.1. The van der Waals surface area contributed by atoms with Crippen LogP contribution in [0.4, 0.5) is 5.69 Å². The van der Waals surface area contributed by atoms with Crippen molar-refractivity contribution in [2.24, 2.45) is 16.5 Å². The Hall–Kier alpha value is -3.18. The van der Waals surface area contributed by atoms with Crippen molar-refractivity contribution in [3.63, 3.8) is 0 Å². The van der Waals surface area contributed by atoms with Gasteiger partial charge in [-0.3, -0.25) is 19.4 Å². The molecule has 0 bridgehead atoms. The molecule has 4 N–H and O–H groups in total. The predicted octanol–water partition coefficient (Wildman–Crippen LogP) is 1.24. The summed E-state index contributed by atoms with van der Waals surface area (Å²) in [4.78, 5) is 42.0. The van der Waals surface area contributed by atoms with E-state index in [1.165, 1.54) is 16.2 Å². The largest absolute Gasteiger partial charge is 0.387 e. The summed E-state index contributed by atoms with van der Waals surface area (Å²) in [6.07, 6.45) is 4.13. The quantitative estimate of drug-likeness (QED) is 0.0708. The minimum absolute atomic E-state index is 0.158. The summed E-state index contributed by atoms with van der Waals surface area (Å²) >= 11 is 0. The lowest BCUT2D eigenvalue weighted by Crippen LogP contribution is -2.34. The number of hydrogen-bond acceptors (Lipinski definition) is 17. The number of hydroxylamine groups is 2. The summed E-state index contributed by atoms with van der Waals surface area (Å²) in [5, 5.41) is 1.34. The number of nitrogens with two attached hydrogens (primary N) is 2. The second-order valence-electron chi connectivity index (χ2n) is 12.5. The Kier molecular flexibility index (Phi) is 30.5. The molecule has 1 aromatic rings. The highest BCUT2D eigenvalue weighted by atomic mass is 16.7. The molecule has 0 atom stereocenters. The third kappa shape index (κ3) is 24.0. The lowest BCUT2D eigenvalue weighted by Gasteiger charge is -2.21. The number of ether oxygens (including phenoxy) is 10. The van der Waals surface area contributed by atoms with Crippen molar-refractivity contribution in [1.29, 1.82) is 0 Å². The van der Waals surface area contributed by atoms with E-state index in [0.717, 1.165) is 6.42 Å². The Morgan fingerprint density at radius 3 is 1.48 bits per heavy atom. The van der Waals surface area contributed by atoms with Crippen LogP contribution in [-0.4, -0.2) is 198 Å². The molecule has 0 aromatic carbocycles. The standard InChI is InChI=1S/C39H68N6O13/c1-4-7-45(58-5-2)38(46)33-29-34-32-42-36(31-35(34)43-37(41)30-33)39(47)44(3)8-10-49-12-14-51-16-18-53-20-22-55-24-26-57-28-27-56-25-23-54-21-19-52-17-15-50-13-11-48-9-6-40/h29,31-32H,4-28,30,40H2,1-3H3,(H2,41,43). The van der Waals surface area contributed by atoms with E-state index < -0.39 is 0 Å². The normalized spacial score (nSPS) is 12.6. The number of pyridine rings is 1. The van der Waals surface area contributed by atoms with Crippen LogP contribution in [0.3, 0.4) is 0 Å². The Morgan fingerprint density at radius 2 is 1.07 bits per heavy atom. The zero-order valence-corrected chi connectivity index (χ0v) is 34.9. The van der Waals surface area contributed by atoms with Gasteiger partial charge >= 0.3 is 0 Å². The average Bonchev–Trinajstić information content (AvgIpc) is 3.39. The van der Waals surface area contributed by atoms with Crippen LogP contribution in [0.15, 0.2) is 22.8 Å². The fourth-order valence-corrected chi connectivity index (χ4v) is 4.95. The monoisotopic (exact) mass is 828 g/mol. The summed E-state index contributed by atoms with van der Waals surface area (Å²) < 4.78 is 54.7. The van der Waals surface area contributed by atoms with Crippen LogP contribution in [0.25, 0.3) is 6.08 Å². The van der Waals surface area contributed by atoms with Crippen LogP contribution < -0.4 is 11.5 Å². The number of carbonyl (C=O) groups excluding carboxylic acids is 2. The van der Waals surface area contributed by atoms with E-state index in [0.29, 0.717) is 175 Å². The summed E-state index contributed by atoms with van der Waals surface area (Å²) in [5.74, 6) is -0.305. The van der Waals surface area contributed by atoms with Gasteiger partial charge in [-0.05, 0) is 25.5 Å². The Morgan fingerprint density at radius 1 is 0.638 bits per heavy atom. The summed E-state index contributed by atoms with van der Waals surface area (Å²) in [5.41, 5.74) is 13.2. The number of amides is 2. The van der Waals surface area contributed by atoms with Crippen LogP contribution in [0.5, 0.6) is 0 Å². The van der Waals surface area contributed by atoms with Gasteiger partial charge in [0, 0.05) is 50.4 Å². The van der Waals surface area contributed by atoms with E-state index in [1.54, 1.807) is 19.2 Å². The van der Waals surface area contributed by atoms with E-state index >= 15 is 0 Å². The molecule has 19 nitrogen and oxygen atoms in total. The molecule has 1 aliphatic rings. The molecule has 19 heteroatoms. The maximum absolute atomic E-state index is 13.1. The molecule has 0 saturated heterocycles. The third-order valence-electron chi connectivity index (χ3n) is 7.84. The number of likely N-dealkylation sites (N-methyl/N-ethyl adjacent to an activating group) is 1. The average molecular weight is 829 g/mol. The van der Waals surface area contributed by atoms with Crippen molar-refractivity contribution in [2.75, 3.05) is 165 Å². The number of aliphatic imine (C=N–C) groups is 1. The van der Waals surface area contributed by atoms with Gasteiger partial charge in [-0.25, -0.2) is 10.1 Å². The first-order chi connectivity index (χ1) is 28.4. The molecule has 0 saturated carbocycles. The SMILES string of the molecule is CCCN(OCC)C(=O)C1=Cc2cnc(C(=O)N(C)CCOCCOCCOCCOCCOCCOCCOCCOCCOCCOCCN)cc2N=C(N)C1. The van der Waals surface area contributed by atoms with Crippen molar-refractivity contribution in [3.05, 3.63) is 29.1 Å². The summed E-state index contributed by atoms with van der Waals surface area (Å²) in [6, 6.07) is 1.58. The Labute approximate surface area is 343 Å². The molecule has 1 aromatic heterocycles. The van der Waals surface area contributed by atoms with Crippen LogP contribution in [0.2, 0.25) is 0 Å². The number of carbonyl (C=O) groups is 2. The molecule has 332 valence electrons. The Balaban J connectivity index is 1.39. The highest BCUT2D eigenvalue weighted by Gasteiger charge is 2.23. The molecule has 0 unspecified atom stereocenters. The van der Waals surface area contributed by atoms with Gasteiger partial charge in [-0.15, -0.1) is 0 Å². The molecule has 0 radical (unpaired) electrons. The number of rotatable bonds is 38. The van der Waals surface area contributed by atoms with Crippen molar-refractivity contribution < 1.29 is 61.8 Å². The van der Waals surface area contributed by atoms with Gasteiger partial charge in [0.05, 0.1) is 144 Å². The van der Waals surface area contributed by atoms with Crippen LogP contribution in [0.1, 0.15) is 42.7 Å². The minimum atomic E-state index is -0.290. The maximum atomic E-state index is 13.1. The molecular formula is C39H68N6O13. The third-order valence-corrected chi connectivity index (χ3v) is 7.84. The summed E-state index contributed by atoms with van der Waals surface area (Å²) in [7, 11) is 1.67. The smallest absolute Gasteiger partial charge is 0.273 e. The topological polar surface area (TPSA) is 219 Å². The zero-order valence-electron chi connectivity index (χ0n) is 34.9. The molecule has 0 fully saturated rings. The van der Waals surface area contributed by atoms with Crippen molar-refractivity contribution in [1.82, 2.24) is 14.9 Å². The predicted molar refractivity (Wildman–Crippen MR) is 216 cm³/mol. The van der Waals surface area contributed by atoms with E-state index in [2.05, 4.69) is 9.98 Å². The number of aromatic nitrogens is 1. The molecular weight excluding hydrogens is 760 g/mol. The van der Waals surface area contributed by atoms with Crippen molar-refractivity contribution in [3.8, 4) is 0 Å². The van der Waals surface area contributed by atoms with Gasteiger partial charge in [0.15, 0.2) is 0 Å². The molecule has 2 rings (SSSR count).